The number of alkyl carbamates (subject to hydrolysis) is 1. The van der Waals surface area contributed by atoms with Gasteiger partial charge in [0.2, 0.25) is 5.91 Å². The van der Waals surface area contributed by atoms with E-state index in [4.69, 9.17) is 9.84 Å². The number of carboxylic acid groups (broad SMARTS) is 1. The van der Waals surface area contributed by atoms with Gasteiger partial charge in [-0.1, -0.05) is 61.5 Å². The fourth-order valence-corrected chi connectivity index (χ4v) is 3.66. The number of carbonyl (C=O) groups excluding carboxylic acids is 2. The number of rotatable bonds is 9. The smallest absolute Gasteiger partial charge is 0.407 e. The van der Waals surface area contributed by atoms with E-state index in [-0.39, 0.29) is 30.9 Å². The molecular formula is C24H26N2O5. The summed E-state index contributed by atoms with van der Waals surface area (Å²) < 4.78 is 5.47. The van der Waals surface area contributed by atoms with Crippen LogP contribution in [0.2, 0.25) is 0 Å². The maximum atomic E-state index is 12.2. The molecule has 1 aliphatic rings. The average Bonchev–Trinajstić information content (AvgIpc) is 3.08. The van der Waals surface area contributed by atoms with Crippen molar-refractivity contribution in [1.29, 1.82) is 0 Å². The molecule has 2 aromatic carbocycles. The third kappa shape index (κ3) is 5.72. The second-order valence-corrected chi connectivity index (χ2v) is 7.43. The molecule has 2 amide bonds. The molecule has 31 heavy (non-hydrogen) atoms. The van der Waals surface area contributed by atoms with Crippen LogP contribution in [0.1, 0.15) is 30.4 Å². The molecule has 162 valence electrons. The van der Waals surface area contributed by atoms with Gasteiger partial charge in [0.15, 0.2) is 0 Å². The van der Waals surface area contributed by atoms with Crippen molar-refractivity contribution in [3.05, 3.63) is 71.8 Å². The minimum Gasteiger partial charge on any atom is -0.478 e. The lowest BCUT2D eigenvalue weighted by Gasteiger charge is -2.15. The number of nitrogens with one attached hydrogen (secondary N) is 2. The molecule has 7 nitrogen and oxygen atoms in total. The van der Waals surface area contributed by atoms with Gasteiger partial charge in [-0.25, -0.2) is 9.59 Å². The van der Waals surface area contributed by atoms with Gasteiger partial charge in [-0.05, 0) is 28.7 Å². The van der Waals surface area contributed by atoms with Gasteiger partial charge < -0.3 is 20.5 Å². The number of amides is 2. The summed E-state index contributed by atoms with van der Waals surface area (Å²) in [5, 5.41) is 13.8. The molecule has 0 fully saturated rings. The lowest BCUT2D eigenvalue weighted by molar-refractivity contribution is -0.131. The Kier molecular flexibility index (Phi) is 7.43. The van der Waals surface area contributed by atoms with E-state index in [9.17, 15) is 14.4 Å². The molecule has 0 radical (unpaired) electrons. The number of carboxylic acids is 1. The fraction of sp³-hybridized carbons (Fsp3) is 0.292. The van der Waals surface area contributed by atoms with Gasteiger partial charge in [0.05, 0.1) is 0 Å². The van der Waals surface area contributed by atoms with Gasteiger partial charge in [0.25, 0.3) is 0 Å². The predicted molar refractivity (Wildman–Crippen MR) is 117 cm³/mol. The zero-order chi connectivity index (χ0) is 22.2. The molecule has 0 heterocycles. The summed E-state index contributed by atoms with van der Waals surface area (Å²) in [6.07, 6.45) is 2.27. The summed E-state index contributed by atoms with van der Waals surface area (Å²) in [7, 11) is 0. The minimum atomic E-state index is -1.06. The predicted octanol–water partition coefficient (Wildman–Crippen LogP) is 3.31. The average molecular weight is 422 g/mol. The van der Waals surface area contributed by atoms with Crippen molar-refractivity contribution in [1.82, 2.24) is 10.6 Å². The first-order chi connectivity index (χ1) is 15.0. The topological polar surface area (TPSA) is 105 Å². The third-order valence-corrected chi connectivity index (χ3v) is 5.29. The van der Waals surface area contributed by atoms with E-state index in [0.717, 1.165) is 17.2 Å². The second-order valence-electron chi connectivity index (χ2n) is 7.43. The fourth-order valence-electron chi connectivity index (χ4n) is 3.66. The quantitative estimate of drug-likeness (QED) is 0.538. The van der Waals surface area contributed by atoms with Crippen LogP contribution in [0.3, 0.4) is 0 Å². The Labute approximate surface area is 181 Å². The Balaban J connectivity index is 1.43. The molecule has 7 heteroatoms. The Bertz CT molecular complexity index is 940. The van der Waals surface area contributed by atoms with E-state index in [1.54, 1.807) is 6.92 Å². The normalized spacial score (nSPS) is 13.3. The van der Waals surface area contributed by atoms with Gasteiger partial charge in [-0.3, -0.25) is 4.79 Å². The van der Waals surface area contributed by atoms with Crippen molar-refractivity contribution >= 4 is 18.0 Å². The van der Waals surface area contributed by atoms with Crippen molar-refractivity contribution in [2.45, 2.75) is 19.3 Å². The summed E-state index contributed by atoms with van der Waals surface area (Å²) in [6, 6.07) is 16.3. The molecule has 1 unspecified atom stereocenters. The summed E-state index contributed by atoms with van der Waals surface area (Å²) >= 11 is 0. The molecule has 0 spiro atoms. The monoisotopic (exact) mass is 422 g/mol. The van der Waals surface area contributed by atoms with E-state index in [1.807, 2.05) is 24.3 Å². The molecule has 1 atom stereocenters. The van der Waals surface area contributed by atoms with Crippen molar-refractivity contribution in [2.75, 3.05) is 19.7 Å². The Hall–Kier alpha value is -3.61. The van der Waals surface area contributed by atoms with Crippen LogP contribution in [0.15, 0.2) is 60.7 Å². The van der Waals surface area contributed by atoms with Gasteiger partial charge in [0, 0.05) is 31.0 Å². The van der Waals surface area contributed by atoms with E-state index < -0.39 is 12.1 Å². The van der Waals surface area contributed by atoms with E-state index in [1.165, 1.54) is 17.2 Å². The van der Waals surface area contributed by atoms with Crippen LogP contribution in [-0.2, 0) is 14.3 Å². The Morgan fingerprint density at radius 2 is 1.65 bits per heavy atom. The molecule has 0 bridgehead atoms. The zero-order valence-corrected chi connectivity index (χ0v) is 17.3. The highest BCUT2D eigenvalue weighted by molar-refractivity contribution is 5.81. The van der Waals surface area contributed by atoms with E-state index in [0.29, 0.717) is 13.0 Å². The number of hydrogen-bond donors (Lipinski definition) is 3. The largest absolute Gasteiger partial charge is 0.478 e. The molecule has 3 rings (SSSR count). The standard InChI is InChI=1S/C24H26N2O5/c1-16(23(29)25-13-6-11-22(27)28)12-14-26-24(30)31-15-21-19-9-4-2-7-17(19)18-8-3-5-10-20(18)21/h2-11,16,21H,12-15H2,1H3,(H,25,29)(H,26,30)(H,27,28)/b11-6+. The van der Waals surface area contributed by atoms with Gasteiger partial charge >= 0.3 is 12.1 Å². The van der Waals surface area contributed by atoms with Crippen LogP contribution in [-0.4, -0.2) is 42.8 Å². The number of benzene rings is 2. The van der Waals surface area contributed by atoms with Crippen LogP contribution in [0.5, 0.6) is 0 Å². The molecule has 0 saturated carbocycles. The highest BCUT2D eigenvalue weighted by atomic mass is 16.5. The molecule has 1 aliphatic carbocycles. The summed E-state index contributed by atoms with van der Waals surface area (Å²) in [6.45, 7) is 2.44. The number of ether oxygens (including phenoxy) is 1. The van der Waals surface area contributed by atoms with Crippen molar-refractivity contribution in [3.63, 3.8) is 0 Å². The molecule has 0 saturated heterocycles. The van der Waals surface area contributed by atoms with Crippen molar-refractivity contribution in [2.24, 2.45) is 5.92 Å². The van der Waals surface area contributed by atoms with Crippen LogP contribution in [0.25, 0.3) is 11.1 Å². The SMILES string of the molecule is CC(CCNC(=O)OCC1c2ccccc2-c2ccccc21)C(=O)NC/C=C/C(=O)O. The lowest BCUT2D eigenvalue weighted by atomic mass is 9.98. The second kappa shape index (κ2) is 10.4. The zero-order valence-electron chi connectivity index (χ0n) is 17.3. The lowest BCUT2D eigenvalue weighted by Crippen LogP contribution is -2.33. The number of fused-ring (bicyclic) bond motifs is 3. The molecule has 3 N–H and O–H groups in total. The third-order valence-electron chi connectivity index (χ3n) is 5.29. The van der Waals surface area contributed by atoms with Crippen LogP contribution in [0.4, 0.5) is 4.79 Å². The molecule has 2 aromatic rings. The van der Waals surface area contributed by atoms with Gasteiger partial charge in [-0.2, -0.15) is 0 Å². The maximum Gasteiger partial charge on any atom is 0.407 e. The highest BCUT2D eigenvalue weighted by Crippen LogP contribution is 2.44. The molecule has 0 aliphatic heterocycles. The number of carbonyl (C=O) groups is 3. The summed E-state index contributed by atoms with van der Waals surface area (Å²) in [5.41, 5.74) is 4.65. The van der Waals surface area contributed by atoms with E-state index >= 15 is 0 Å². The van der Waals surface area contributed by atoms with Crippen LogP contribution < -0.4 is 10.6 Å². The van der Waals surface area contributed by atoms with Crippen molar-refractivity contribution in [3.8, 4) is 11.1 Å². The first kappa shape index (κ1) is 22.1. The highest BCUT2D eigenvalue weighted by Gasteiger charge is 2.28. The van der Waals surface area contributed by atoms with E-state index in [2.05, 4.69) is 34.9 Å². The first-order valence-electron chi connectivity index (χ1n) is 10.2. The summed E-state index contributed by atoms with van der Waals surface area (Å²) in [4.78, 5) is 34.5. The first-order valence-corrected chi connectivity index (χ1v) is 10.2. The van der Waals surface area contributed by atoms with Gasteiger partial charge in [-0.15, -0.1) is 0 Å². The number of aliphatic carboxylic acids is 1. The Morgan fingerprint density at radius 3 is 2.26 bits per heavy atom. The van der Waals surface area contributed by atoms with Crippen molar-refractivity contribution < 1.29 is 24.2 Å². The van der Waals surface area contributed by atoms with Gasteiger partial charge in [0.1, 0.15) is 6.61 Å². The molecular weight excluding hydrogens is 396 g/mol. The molecule has 0 aromatic heterocycles. The number of hydrogen-bond acceptors (Lipinski definition) is 4. The summed E-state index contributed by atoms with van der Waals surface area (Å²) in [5.74, 6) is -1.59. The maximum absolute atomic E-state index is 12.2. The Morgan fingerprint density at radius 1 is 1.03 bits per heavy atom. The minimum absolute atomic E-state index is 0.00158. The van der Waals surface area contributed by atoms with Crippen LogP contribution >= 0.6 is 0 Å². The van der Waals surface area contributed by atoms with Crippen LogP contribution in [0, 0.1) is 5.92 Å².